The van der Waals surface area contributed by atoms with Gasteiger partial charge in [0.2, 0.25) is 0 Å². The van der Waals surface area contributed by atoms with Crippen molar-refractivity contribution in [3.63, 3.8) is 0 Å². The third-order valence-electron chi connectivity index (χ3n) is 5.48. The molecule has 1 aliphatic rings. The minimum absolute atomic E-state index is 0.178. The molecule has 0 spiro atoms. The number of amides is 3. The average molecular weight is 472 g/mol. The largest absolute Gasteiger partial charge is 0.493 e. The maximum Gasteiger partial charge on any atom is 0.335 e. The zero-order valence-corrected chi connectivity index (χ0v) is 19.3. The minimum Gasteiger partial charge on any atom is -0.493 e. The van der Waals surface area contributed by atoms with E-state index >= 15 is 0 Å². The van der Waals surface area contributed by atoms with Crippen molar-refractivity contribution < 1.29 is 29.0 Å². The standard InChI is InChI=1S/C27H24N2O6/c1-17-4-3-5-20(12-17)15-29-25(30)22(28-27(29)33)13-19-8-11-23(24(14-19)34-2)35-16-18-6-9-21(10-7-18)26(31)32/h3-14H,15-16H2,1-2H3,(H,28,33)(H,31,32)/b22-13+. The van der Waals surface area contributed by atoms with Crippen LogP contribution in [0.25, 0.3) is 6.08 Å². The fourth-order valence-electron chi connectivity index (χ4n) is 3.67. The minimum atomic E-state index is -0.987. The number of urea groups is 1. The highest BCUT2D eigenvalue weighted by Crippen LogP contribution is 2.30. The lowest BCUT2D eigenvalue weighted by Crippen LogP contribution is -2.30. The molecule has 0 radical (unpaired) electrons. The lowest BCUT2D eigenvalue weighted by molar-refractivity contribution is -0.123. The summed E-state index contributed by atoms with van der Waals surface area (Å²) in [4.78, 5) is 37.4. The number of hydrogen-bond donors (Lipinski definition) is 2. The Kier molecular flexibility index (Phi) is 6.82. The number of aromatic carboxylic acids is 1. The van der Waals surface area contributed by atoms with Crippen LogP contribution in [0.15, 0.2) is 72.4 Å². The number of rotatable bonds is 8. The first-order valence-corrected chi connectivity index (χ1v) is 10.9. The van der Waals surface area contributed by atoms with Gasteiger partial charge < -0.3 is 19.9 Å². The topological polar surface area (TPSA) is 105 Å². The number of benzene rings is 3. The summed E-state index contributed by atoms with van der Waals surface area (Å²) < 4.78 is 11.3. The van der Waals surface area contributed by atoms with Crippen LogP contribution in [0.2, 0.25) is 0 Å². The van der Waals surface area contributed by atoms with Gasteiger partial charge in [-0.2, -0.15) is 0 Å². The van der Waals surface area contributed by atoms with Crippen LogP contribution >= 0.6 is 0 Å². The second kappa shape index (κ2) is 10.1. The van der Waals surface area contributed by atoms with Crippen LogP contribution in [-0.4, -0.2) is 35.0 Å². The molecule has 0 saturated carbocycles. The molecule has 1 heterocycles. The predicted octanol–water partition coefficient (Wildman–Crippen LogP) is 4.37. The monoisotopic (exact) mass is 472 g/mol. The second-order valence-electron chi connectivity index (χ2n) is 8.07. The first kappa shape index (κ1) is 23.6. The first-order chi connectivity index (χ1) is 16.8. The van der Waals surface area contributed by atoms with Gasteiger partial charge in [0.05, 0.1) is 19.2 Å². The lowest BCUT2D eigenvalue weighted by Gasteiger charge is -2.12. The number of carboxylic acids is 1. The van der Waals surface area contributed by atoms with Gasteiger partial charge in [-0.15, -0.1) is 0 Å². The van der Waals surface area contributed by atoms with E-state index in [1.54, 1.807) is 36.4 Å². The average Bonchev–Trinajstić information content (AvgIpc) is 3.10. The molecule has 0 bridgehead atoms. The fraction of sp³-hybridized carbons (Fsp3) is 0.148. The van der Waals surface area contributed by atoms with Crippen molar-refractivity contribution in [1.29, 1.82) is 0 Å². The highest BCUT2D eigenvalue weighted by atomic mass is 16.5. The predicted molar refractivity (Wildman–Crippen MR) is 129 cm³/mol. The van der Waals surface area contributed by atoms with E-state index in [0.29, 0.717) is 17.1 Å². The van der Waals surface area contributed by atoms with E-state index in [4.69, 9.17) is 14.6 Å². The van der Waals surface area contributed by atoms with Gasteiger partial charge in [-0.3, -0.25) is 9.69 Å². The molecule has 0 atom stereocenters. The number of carbonyl (C=O) groups excluding carboxylic acids is 2. The summed E-state index contributed by atoms with van der Waals surface area (Å²) in [6, 6.07) is 18.8. The molecule has 0 aliphatic carbocycles. The summed E-state index contributed by atoms with van der Waals surface area (Å²) in [6.45, 7) is 2.36. The number of carboxylic acid groups (broad SMARTS) is 1. The van der Waals surface area contributed by atoms with Crippen molar-refractivity contribution in [2.24, 2.45) is 0 Å². The van der Waals surface area contributed by atoms with Gasteiger partial charge in [0, 0.05) is 0 Å². The summed E-state index contributed by atoms with van der Waals surface area (Å²) in [5, 5.41) is 11.6. The summed E-state index contributed by atoms with van der Waals surface area (Å²) in [5.41, 5.74) is 3.76. The van der Waals surface area contributed by atoms with E-state index in [0.717, 1.165) is 16.7 Å². The maximum atomic E-state index is 12.8. The molecule has 8 nitrogen and oxygen atoms in total. The number of hydrogen-bond acceptors (Lipinski definition) is 5. The molecule has 0 unspecified atom stereocenters. The van der Waals surface area contributed by atoms with Gasteiger partial charge in [-0.05, 0) is 54.0 Å². The quantitative estimate of drug-likeness (QED) is 0.373. The second-order valence-corrected chi connectivity index (χ2v) is 8.07. The van der Waals surface area contributed by atoms with E-state index < -0.39 is 17.9 Å². The molecular weight excluding hydrogens is 448 g/mol. The maximum absolute atomic E-state index is 12.8. The van der Waals surface area contributed by atoms with Gasteiger partial charge in [-0.25, -0.2) is 9.59 Å². The van der Waals surface area contributed by atoms with Gasteiger partial charge in [-0.1, -0.05) is 48.0 Å². The van der Waals surface area contributed by atoms with Crippen molar-refractivity contribution >= 4 is 24.0 Å². The Bertz CT molecular complexity index is 1310. The smallest absolute Gasteiger partial charge is 0.335 e. The third kappa shape index (κ3) is 5.50. The number of nitrogens with one attached hydrogen (secondary N) is 1. The van der Waals surface area contributed by atoms with Gasteiger partial charge in [0.25, 0.3) is 5.91 Å². The normalized spacial score (nSPS) is 14.2. The fourth-order valence-corrected chi connectivity index (χ4v) is 3.67. The Morgan fingerprint density at radius 1 is 1.00 bits per heavy atom. The Morgan fingerprint density at radius 2 is 1.77 bits per heavy atom. The zero-order valence-electron chi connectivity index (χ0n) is 19.3. The van der Waals surface area contributed by atoms with E-state index in [2.05, 4.69) is 5.32 Å². The number of nitrogens with zero attached hydrogens (tertiary/aromatic N) is 1. The third-order valence-corrected chi connectivity index (χ3v) is 5.48. The van der Waals surface area contributed by atoms with Gasteiger partial charge in [0.1, 0.15) is 12.3 Å². The zero-order chi connectivity index (χ0) is 24.9. The molecule has 3 aromatic carbocycles. The van der Waals surface area contributed by atoms with E-state index in [9.17, 15) is 14.4 Å². The molecular formula is C27H24N2O6. The molecule has 178 valence electrons. The van der Waals surface area contributed by atoms with Gasteiger partial charge >= 0.3 is 12.0 Å². The Labute approximate surface area is 202 Å². The highest BCUT2D eigenvalue weighted by molar-refractivity contribution is 6.13. The molecule has 3 amide bonds. The van der Waals surface area contributed by atoms with Crippen molar-refractivity contribution in [1.82, 2.24) is 10.2 Å². The molecule has 2 N–H and O–H groups in total. The SMILES string of the molecule is COc1cc(/C=C2/NC(=O)N(Cc3cccc(C)c3)C2=O)ccc1OCc1ccc(C(=O)O)cc1. The number of methoxy groups -OCH3 is 1. The first-order valence-electron chi connectivity index (χ1n) is 10.9. The van der Waals surface area contributed by atoms with Crippen LogP contribution in [0, 0.1) is 6.92 Å². The number of imide groups is 1. The molecule has 1 aliphatic heterocycles. The molecule has 3 aromatic rings. The molecule has 1 fully saturated rings. The summed E-state index contributed by atoms with van der Waals surface area (Å²) in [6.07, 6.45) is 1.59. The lowest BCUT2D eigenvalue weighted by atomic mass is 10.1. The summed E-state index contributed by atoms with van der Waals surface area (Å²) >= 11 is 0. The van der Waals surface area contributed by atoms with E-state index in [1.165, 1.54) is 24.1 Å². The van der Waals surface area contributed by atoms with Crippen LogP contribution in [0.1, 0.15) is 32.6 Å². The van der Waals surface area contributed by atoms with Crippen molar-refractivity contribution in [2.75, 3.05) is 7.11 Å². The summed E-state index contributed by atoms with van der Waals surface area (Å²) in [7, 11) is 1.51. The van der Waals surface area contributed by atoms with Crippen LogP contribution < -0.4 is 14.8 Å². The molecule has 35 heavy (non-hydrogen) atoms. The molecule has 8 heteroatoms. The molecule has 4 rings (SSSR count). The Hall–Kier alpha value is -4.59. The number of aryl methyl sites for hydroxylation is 1. The Balaban J connectivity index is 1.46. The molecule has 0 aromatic heterocycles. The van der Waals surface area contributed by atoms with Crippen LogP contribution in [0.3, 0.4) is 0 Å². The van der Waals surface area contributed by atoms with Crippen molar-refractivity contribution in [3.8, 4) is 11.5 Å². The highest BCUT2D eigenvalue weighted by Gasteiger charge is 2.33. The number of carbonyl (C=O) groups is 3. The van der Waals surface area contributed by atoms with Crippen LogP contribution in [0.4, 0.5) is 4.79 Å². The van der Waals surface area contributed by atoms with Crippen molar-refractivity contribution in [2.45, 2.75) is 20.1 Å². The van der Waals surface area contributed by atoms with Gasteiger partial charge in [0.15, 0.2) is 11.5 Å². The van der Waals surface area contributed by atoms with Crippen LogP contribution in [-0.2, 0) is 17.9 Å². The van der Waals surface area contributed by atoms with Crippen molar-refractivity contribution in [3.05, 3.63) is 100 Å². The van der Waals surface area contributed by atoms with E-state index in [-0.39, 0.29) is 24.4 Å². The Morgan fingerprint density at radius 3 is 2.46 bits per heavy atom. The summed E-state index contributed by atoms with van der Waals surface area (Å²) in [5.74, 6) is -0.450. The molecule has 1 saturated heterocycles. The van der Waals surface area contributed by atoms with Crippen LogP contribution in [0.5, 0.6) is 11.5 Å². The number of ether oxygens (including phenoxy) is 2. The van der Waals surface area contributed by atoms with E-state index in [1.807, 2.05) is 31.2 Å².